The van der Waals surface area contributed by atoms with E-state index in [1.165, 1.54) is 16.9 Å². The molecule has 0 aliphatic rings. The fourth-order valence-corrected chi connectivity index (χ4v) is 5.31. The van der Waals surface area contributed by atoms with Gasteiger partial charge in [0, 0.05) is 7.05 Å². The molecule has 0 N–H and O–H groups in total. The van der Waals surface area contributed by atoms with E-state index < -0.39 is 5.62 Å². The largest absolute Gasteiger partial charge is 0.327 e. The van der Waals surface area contributed by atoms with E-state index in [4.69, 9.17) is 35.0 Å². The van der Waals surface area contributed by atoms with Crippen LogP contribution >= 0.6 is 29.2 Å². The highest BCUT2D eigenvalue weighted by molar-refractivity contribution is 8.68. The first kappa shape index (κ1) is 13.4. The van der Waals surface area contributed by atoms with Crippen molar-refractivity contribution in [2.45, 2.75) is 6.92 Å². The van der Waals surface area contributed by atoms with Crippen molar-refractivity contribution < 1.29 is 4.52 Å². The smallest absolute Gasteiger partial charge is 0.213 e. The van der Waals surface area contributed by atoms with Crippen LogP contribution in [0.25, 0.3) is 0 Å². The molecule has 0 heterocycles. The summed E-state index contributed by atoms with van der Waals surface area (Å²) >= 11 is 11.7. The number of hydrogen-bond donors (Lipinski definition) is 0. The molecular weight excluding hydrogens is 241 g/mol. The molecule has 0 amide bonds. The fourth-order valence-electron chi connectivity index (χ4n) is 0.559. The average Bonchev–Trinajstić information content (AvgIpc) is 2.14. The van der Waals surface area contributed by atoms with Crippen LogP contribution in [0.1, 0.15) is 6.92 Å². The lowest BCUT2D eigenvalue weighted by Crippen LogP contribution is -2.11. The molecule has 1 unspecified atom stereocenters. The molecule has 0 saturated heterocycles. The summed E-state index contributed by atoms with van der Waals surface area (Å²) in [5.41, 5.74) is -0.532. The zero-order valence-corrected chi connectivity index (χ0v) is 10.9. The molecule has 0 aromatic rings. The lowest BCUT2D eigenvalue weighted by atomic mass is 10.8. The van der Waals surface area contributed by atoms with Gasteiger partial charge >= 0.3 is 0 Å². The quantitative estimate of drug-likeness (QED) is 0.408. The number of thiocarbonyl (C=S) groups is 1. The fraction of sp³-hybridized carbons (Fsp3) is 0.571. The van der Waals surface area contributed by atoms with Crippen LogP contribution in [-0.2, 0) is 16.3 Å². The Hall–Kier alpha value is 0.410. The lowest BCUT2D eigenvalue weighted by molar-refractivity contribution is 0.369. The van der Waals surface area contributed by atoms with E-state index in [0.29, 0.717) is 12.4 Å². The van der Waals surface area contributed by atoms with Gasteiger partial charge in [-0.3, -0.25) is 0 Å². The summed E-state index contributed by atoms with van der Waals surface area (Å²) < 4.78 is 7.27. The molecule has 13 heavy (non-hydrogen) atoms. The third kappa shape index (κ3) is 4.44. The van der Waals surface area contributed by atoms with Gasteiger partial charge in [-0.2, -0.15) is 0 Å². The molecule has 6 heteroatoms. The average molecular weight is 253 g/mol. The van der Waals surface area contributed by atoms with Gasteiger partial charge in [0.05, 0.1) is 17.9 Å². The lowest BCUT2D eigenvalue weighted by Gasteiger charge is -2.27. The Kier molecular flexibility index (Phi) is 7.02. The topological polar surface area (TPSA) is 12.5 Å². The van der Waals surface area contributed by atoms with Gasteiger partial charge < -0.3 is 9.19 Å². The van der Waals surface area contributed by atoms with Crippen LogP contribution in [0.3, 0.4) is 0 Å². The minimum Gasteiger partial charge on any atom is -0.327 e. The number of rotatable bonds is 6. The van der Waals surface area contributed by atoms with Gasteiger partial charge in [0.2, 0.25) is 5.62 Å². The van der Waals surface area contributed by atoms with E-state index >= 15 is 0 Å². The highest BCUT2D eigenvalue weighted by atomic mass is 32.9. The Morgan fingerprint density at radius 2 is 2.38 bits per heavy atom. The van der Waals surface area contributed by atoms with Crippen LogP contribution < -0.4 is 0 Å². The van der Waals surface area contributed by atoms with Crippen molar-refractivity contribution >= 4 is 46.5 Å². The van der Waals surface area contributed by atoms with E-state index in [9.17, 15) is 0 Å². The highest BCUT2D eigenvalue weighted by Gasteiger charge is 2.21. The number of nitrogens with zero attached hydrogens (tertiary/aromatic N) is 1. The molecule has 2 nitrogen and oxygen atoms in total. The van der Waals surface area contributed by atoms with Crippen molar-refractivity contribution in [3.63, 3.8) is 0 Å². The predicted molar refractivity (Wildman–Crippen MR) is 68.6 cm³/mol. The van der Waals surface area contributed by atoms with E-state index in [1.54, 1.807) is 4.67 Å². The normalized spacial score (nSPS) is 14.2. The van der Waals surface area contributed by atoms with Crippen LogP contribution in [0, 0.1) is 12.3 Å². The van der Waals surface area contributed by atoms with Crippen molar-refractivity contribution in [1.29, 1.82) is 0 Å². The molecule has 0 radical (unpaired) electrons. The predicted octanol–water partition coefficient (Wildman–Crippen LogP) is 2.50. The minimum atomic E-state index is -2.05. The molecule has 1 atom stereocenters. The van der Waals surface area contributed by atoms with Crippen molar-refractivity contribution in [3.8, 4) is 12.3 Å². The summed E-state index contributed by atoms with van der Waals surface area (Å²) in [6.07, 6.45) is 5.16. The Balaban J connectivity index is 4.44. The number of terminal acetylenes is 1. The van der Waals surface area contributed by atoms with Crippen LogP contribution in [-0.4, -0.2) is 29.6 Å². The molecule has 0 aromatic carbocycles. The monoisotopic (exact) mass is 253 g/mol. The van der Waals surface area contributed by atoms with Gasteiger partial charge in [0.25, 0.3) is 0 Å². The maximum atomic E-state index is 5.51. The van der Waals surface area contributed by atoms with Crippen LogP contribution in [0.2, 0.25) is 0 Å². The second kappa shape index (κ2) is 6.80. The summed E-state index contributed by atoms with van der Waals surface area (Å²) in [5, 5.41) is 0. The summed E-state index contributed by atoms with van der Waals surface area (Å²) in [7, 11) is 1.83. The van der Waals surface area contributed by atoms with Crippen LogP contribution in [0.5, 0.6) is 0 Å². The summed E-state index contributed by atoms with van der Waals surface area (Å²) in [6, 6.07) is 0. The van der Waals surface area contributed by atoms with E-state index in [-0.39, 0.29) is 0 Å². The number of hydrogen-bond acceptors (Lipinski definition) is 4. The minimum absolute atomic E-state index is 0.560. The second-order valence-electron chi connectivity index (χ2n) is 2.04. The molecule has 0 aliphatic heterocycles. The first-order chi connectivity index (χ1) is 6.10. The van der Waals surface area contributed by atoms with Gasteiger partial charge in [-0.15, -0.1) is 6.42 Å². The Morgan fingerprint density at radius 3 is 2.77 bits per heavy atom. The third-order valence-electron chi connectivity index (χ3n) is 1.14. The summed E-state index contributed by atoms with van der Waals surface area (Å²) in [4.78, 5) is 0. The Labute approximate surface area is 94.3 Å². The third-order valence-corrected chi connectivity index (χ3v) is 8.20. The van der Waals surface area contributed by atoms with E-state index in [1.807, 2.05) is 14.0 Å². The molecule has 0 bridgehead atoms. The Bertz CT molecular complexity index is 251. The Morgan fingerprint density at radius 1 is 1.77 bits per heavy atom. The van der Waals surface area contributed by atoms with E-state index in [0.717, 1.165) is 0 Å². The van der Waals surface area contributed by atoms with Crippen molar-refractivity contribution in [2.24, 2.45) is 0 Å². The SMILES string of the molecule is C#CCSP(=S)(OCC)N(C)C=S. The van der Waals surface area contributed by atoms with Gasteiger partial charge in [-0.05, 0) is 18.7 Å². The molecule has 0 aromatic heterocycles. The molecule has 0 aliphatic carbocycles. The molecule has 0 spiro atoms. The second-order valence-corrected chi connectivity index (χ2v) is 9.06. The maximum absolute atomic E-state index is 5.51. The zero-order valence-electron chi connectivity index (χ0n) is 7.60. The highest BCUT2D eigenvalue weighted by Crippen LogP contribution is 2.61. The van der Waals surface area contributed by atoms with Crippen molar-refractivity contribution in [1.82, 2.24) is 4.67 Å². The summed E-state index contributed by atoms with van der Waals surface area (Å²) in [6.45, 7) is 2.50. The zero-order chi connectivity index (χ0) is 10.3. The van der Waals surface area contributed by atoms with Gasteiger partial charge in [0.15, 0.2) is 0 Å². The van der Waals surface area contributed by atoms with Gasteiger partial charge in [-0.1, -0.05) is 29.5 Å². The standard InChI is InChI=1S/C7H12NOPS3/c1-4-6-13-10(12,9-5-2)8(3)7-11/h1,7H,5-6H2,2-3H3. The van der Waals surface area contributed by atoms with Gasteiger partial charge in [-0.25, -0.2) is 0 Å². The van der Waals surface area contributed by atoms with Crippen molar-refractivity contribution in [2.75, 3.05) is 19.4 Å². The summed E-state index contributed by atoms with van der Waals surface area (Å²) in [5.74, 6) is 3.09. The molecule has 0 rings (SSSR count). The molecular formula is C7H12NOPS3. The van der Waals surface area contributed by atoms with Crippen LogP contribution in [0.4, 0.5) is 0 Å². The molecule has 74 valence electrons. The first-order valence-electron chi connectivity index (χ1n) is 3.62. The van der Waals surface area contributed by atoms with E-state index in [2.05, 4.69) is 5.92 Å². The first-order valence-corrected chi connectivity index (χ1v) is 8.35. The van der Waals surface area contributed by atoms with Crippen molar-refractivity contribution in [3.05, 3.63) is 0 Å². The van der Waals surface area contributed by atoms with Gasteiger partial charge in [0.1, 0.15) is 0 Å². The maximum Gasteiger partial charge on any atom is 0.213 e. The molecule has 0 saturated carbocycles. The van der Waals surface area contributed by atoms with Crippen LogP contribution in [0.15, 0.2) is 0 Å². The molecule has 0 fully saturated rings.